The van der Waals surface area contributed by atoms with Crippen LogP contribution in [0.3, 0.4) is 0 Å². The summed E-state index contributed by atoms with van der Waals surface area (Å²) in [5.41, 5.74) is -0.656. The van der Waals surface area contributed by atoms with E-state index in [4.69, 9.17) is 21.8 Å². The quantitative estimate of drug-likeness (QED) is 0.823. The molecule has 1 amide bonds. The number of carbonyl (C=O) groups excluding carboxylic acids is 1. The predicted molar refractivity (Wildman–Crippen MR) is 84.6 cm³/mol. The smallest absolute Gasteiger partial charge is 0.323 e. The topological polar surface area (TPSA) is 117 Å². The molecule has 2 aliphatic rings. The lowest BCUT2D eigenvalue weighted by Gasteiger charge is -2.13. The largest absolute Gasteiger partial charge is 0.480 e. The molecule has 8 nitrogen and oxygen atoms in total. The number of hydrogen-bond donors (Lipinski definition) is 2. The van der Waals surface area contributed by atoms with Crippen LogP contribution in [0.15, 0.2) is 29.1 Å². The van der Waals surface area contributed by atoms with E-state index in [2.05, 4.69) is 0 Å². The van der Waals surface area contributed by atoms with Crippen LogP contribution in [0, 0.1) is 0 Å². The van der Waals surface area contributed by atoms with Gasteiger partial charge in [0, 0.05) is 17.6 Å². The second-order valence-electron chi connectivity index (χ2n) is 5.07. The van der Waals surface area contributed by atoms with Crippen molar-refractivity contribution in [1.82, 2.24) is 9.47 Å². The van der Waals surface area contributed by atoms with Gasteiger partial charge in [0.2, 0.25) is 0 Å². The molecule has 0 bridgehead atoms. The van der Waals surface area contributed by atoms with Crippen molar-refractivity contribution in [2.45, 2.75) is 6.54 Å². The summed E-state index contributed by atoms with van der Waals surface area (Å²) in [6.45, 7) is -1.23. The fourth-order valence-corrected chi connectivity index (χ4v) is 2.45. The second kappa shape index (κ2) is 6.71. The van der Waals surface area contributed by atoms with Crippen LogP contribution in [0.4, 0.5) is 0 Å². The number of amides is 1. The number of aromatic nitrogens is 1. The molecule has 9 heteroatoms. The first-order chi connectivity index (χ1) is 11.2. The molecule has 1 aliphatic heterocycles. The zero-order valence-electron chi connectivity index (χ0n) is 12.5. The Hall–Kier alpha value is -2.87. The van der Waals surface area contributed by atoms with Crippen molar-refractivity contribution >= 4 is 29.4 Å². The third kappa shape index (κ3) is 3.38. The van der Waals surface area contributed by atoms with Gasteiger partial charge in [-0.1, -0.05) is 17.7 Å². The van der Waals surface area contributed by atoms with Gasteiger partial charge in [-0.3, -0.25) is 23.7 Å². The van der Waals surface area contributed by atoms with Gasteiger partial charge in [-0.15, -0.1) is 0 Å². The molecule has 0 saturated heterocycles. The number of likely N-dealkylation sites (N-methyl/N-ethyl adjacent to an activating group) is 1. The van der Waals surface area contributed by atoms with Crippen LogP contribution in [0.5, 0.6) is 0 Å². The molecule has 0 atom stereocenters. The predicted octanol–water partition coefficient (Wildman–Crippen LogP) is 0.848. The molecule has 0 saturated carbocycles. The van der Waals surface area contributed by atoms with Gasteiger partial charge in [0.05, 0.1) is 5.69 Å². The third-order valence-electron chi connectivity index (χ3n) is 3.33. The Morgan fingerprint density at radius 3 is 2.33 bits per heavy atom. The molecule has 0 spiro atoms. The van der Waals surface area contributed by atoms with Crippen molar-refractivity contribution in [3.05, 3.63) is 45.2 Å². The lowest BCUT2D eigenvalue weighted by molar-refractivity contribution is -0.138. The SMILES string of the molecule is CN(CC(=O)O)C(=O)c1c2ccc(Cl)ccc-2n(CC(=O)O)c1=O. The summed E-state index contributed by atoms with van der Waals surface area (Å²) in [6, 6.07) is 5.80. The third-order valence-corrected chi connectivity index (χ3v) is 3.58. The number of aliphatic carboxylic acids is 2. The first-order valence-electron chi connectivity index (χ1n) is 6.73. The maximum absolute atomic E-state index is 12.5. The van der Waals surface area contributed by atoms with Crippen LogP contribution >= 0.6 is 11.6 Å². The molecule has 0 unspecified atom stereocenters. The summed E-state index contributed by atoms with van der Waals surface area (Å²) < 4.78 is 0.940. The summed E-state index contributed by atoms with van der Waals surface area (Å²) in [6.07, 6.45) is 0. The molecule has 2 N–H and O–H groups in total. The van der Waals surface area contributed by atoms with Gasteiger partial charge >= 0.3 is 11.9 Å². The molecule has 2 rings (SSSR count). The molecule has 0 aromatic rings. The Labute approximate surface area is 140 Å². The van der Waals surface area contributed by atoms with E-state index >= 15 is 0 Å². The molecular weight excluding hydrogens is 340 g/mol. The van der Waals surface area contributed by atoms with Crippen molar-refractivity contribution in [2.75, 3.05) is 13.6 Å². The Bertz CT molecular complexity index is 860. The summed E-state index contributed by atoms with van der Waals surface area (Å²) in [4.78, 5) is 47.6. The van der Waals surface area contributed by atoms with Crippen LogP contribution in [0.1, 0.15) is 10.4 Å². The molecule has 1 aliphatic carbocycles. The molecule has 0 radical (unpaired) electrons. The van der Waals surface area contributed by atoms with Crippen LogP contribution in [0.2, 0.25) is 5.02 Å². The van der Waals surface area contributed by atoms with Gasteiger partial charge in [0.1, 0.15) is 18.7 Å². The number of carbonyl (C=O) groups is 3. The van der Waals surface area contributed by atoms with Crippen molar-refractivity contribution in [3.63, 3.8) is 0 Å². The minimum absolute atomic E-state index is 0.204. The van der Waals surface area contributed by atoms with Gasteiger partial charge in [0.15, 0.2) is 0 Å². The Morgan fingerprint density at radius 1 is 1.12 bits per heavy atom. The van der Waals surface area contributed by atoms with Crippen molar-refractivity contribution in [3.8, 4) is 11.3 Å². The van der Waals surface area contributed by atoms with Crippen molar-refractivity contribution < 1.29 is 24.6 Å². The monoisotopic (exact) mass is 352 g/mol. The molecule has 24 heavy (non-hydrogen) atoms. The normalized spacial score (nSPS) is 10.6. The van der Waals surface area contributed by atoms with Gasteiger partial charge < -0.3 is 15.1 Å². The first kappa shape index (κ1) is 17.5. The lowest BCUT2D eigenvalue weighted by Crippen LogP contribution is -2.35. The van der Waals surface area contributed by atoms with E-state index < -0.39 is 36.5 Å². The van der Waals surface area contributed by atoms with Crippen LogP contribution in [-0.4, -0.2) is 51.1 Å². The number of hydrogen-bond acceptors (Lipinski definition) is 4. The number of halogens is 1. The second-order valence-corrected chi connectivity index (χ2v) is 5.50. The van der Waals surface area contributed by atoms with Gasteiger partial charge in [-0.25, -0.2) is 0 Å². The van der Waals surface area contributed by atoms with Gasteiger partial charge in [-0.05, 0) is 18.2 Å². The van der Waals surface area contributed by atoms with E-state index in [0.29, 0.717) is 5.02 Å². The average Bonchev–Trinajstić information content (AvgIpc) is 2.61. The highest BCUT2D eigenvalue weighted by molar-refractivity contribution is 6.30. The highest BCUT2D eigenvalue weighted by atomic mass is 35.5. The number of fused-ring (bicyclic) bond motifs is 1. The number of nitrogens with zero attached hydrogens (tertiary/aromatic N) is 2. The number of rotatable bonds is 5. The molecule has 1 heterocycles. The standard InChI is InChI=1S/C15H13ClN2O6/c1-17(6-11(19)20)14(23)13-9-4-2-8(16)3-5-10(9)18(15(13)24)7-12(21)22/h2-5H,6-7H2,1H3,(H,19,20)(H,21,22). The van der Waals surface area contributed by atoms with Crippen LogP contribution < -0.4 is 5.56 Å². The Balaban J connectivity index is 2.68. The first-order valence-corrected chi connectivity index (χ1v) is 7.11. The zero-order chi connectivity index (χ0) is 18.0. The van der Waals surface area contributed by atoms with E-state index in [-0.39, 0.29) is 16.8 Å². The molecule has 0 fully saturated rings. The summed E-state index contributed by atoms with van der Waals surface area (Å²) >= 11 is 5.90. The summed E-state index contributed by atoms with van der Waals surface area (Å²) in [5.74, 6) is -3.29. The van der Waals surface area contributed by atoms with E-state index in [0.717, 1.165) is 9.47 Å². The maximum atomic E-state index is 12.5. The van der Waals surface area contributed by atoms with Crippen LogP contribution in [0.25, 0.3) is 11.3 Å². The van der Waals surface area contributed by atoms with Gasteiger partial charge in [-0.2, -0.15) is 0 Å². The van der Waals surface area contributed by atoms with Gasteiger partial charge in [0.25, 0.3) is 11.5 Å². The number of carboxylic acids is 2. The van der Waals surface area contributed by atoms with Crippen molar-refractivity contribution in [1.29, 1.82) is 0 Å². The van der Waals surface area contributed by atoms with Crippen molar-refractivity contribution in [2.24, 2.45) is 0 Å². The average molecular weight is 353 g/mol. The minimum Gasteiger partial charge on any atom is -0.480 e. The molecular formula is C15H13ClN2O6. The number of carboxylic acid groups (broad SMARTS) is 2. The zero-order valence-corrected chi connectivity index (χ0v) is 13.3. The lowest BCUT2D eigenvalue weighted by atomic mass is 10.1. The molecule has 0 aromatic carbocycles. The van der Waals surface area contributed by atoms with E-state index in [1.54, 1.807) is 0 Å². The van der Waals surface area contributed by atoms with E-state index in [1.165, 1.54) is 31.3 Å². The van der Waals surface area contributed by atoms with Crippen LogP contribution in [-0.2, 0) is 16.1 Å². The highest BCUT2D eigenvalue weighted by Crippen LogP contribution is 2.26. The van der Waals surface area contributed by atoms with E-state index in [9.17, 15) is 19.2 Å². The molecule has 0 aromatic heterocycles. The summed E-state index contributed by atoms with van der Waals surface area (Å²) in [7, 11) is 1.24. The summed E-state index contributed by atoms with van der Waals surface area (Å²) in [5, 5.41) is 18.1. The Kier molecular flexibility index (Phi) is 4.89. The maximum Gasteiger partial charge on any atom is 0.323 e. The fraction of sp³-hybridized carbons (Fsp3) is 0.200. The molecule has 126 valence electrons. The Morgan fingerprint density at radius 2 is 1.75 bits per heavy atom. The van der Waals surface area contributed by atoms with E-state index in [1.807, 2.05) is 0 Å². The highest BCUT2D eigenvalue weighted by Gasteiger charge is 2.28. The minimum atomic E-state index is -1.25. The fourth-order valence-electron chi connectivity index (χ4n) is 2.32.